The largest absolute Gasteiger partial charge is 0.508 e. The monoisotopic (exact) mass is 168 g/mol. The first-order valence-corrected chi connectivity index (χ1v) is 3.49. The molecule has 0 heterocycles. The molecule has 0 radical (unpaired) electrons. The number of rotatable bonds is 1. The summed E-state index contributed by atoms with van der Waals surface area (Å²) in [6.07, 6.45) is 0. The number of hydrogen-bond donors (Lipinski definition) is 1. The zero-order chi connectivity index (χ0) is 7.56. The normalized spacial score (nSPS) is 8.58. The Morgan fingerprint density at radius 3 is 1.75 bits per heavy atom. The van der Waals surface area contributed by atoms with Gasteiger partial charge in [-0.05, 0) is 23.6 Å². The molecule has 0 fully saturated rings. The van der Waals surface area contributed by atoms with Crippen LogP contribution in [0.3, 0.4) is 0 Å². The van der Waals surface area contributed by atoms with E-state index in [-0.39, 0.29) is 14.9 Å². The van der Waals surface area contributed by atoms with Crippen molar-refractivity contribution in [2.75, 3.05) is 0 Å². The lowest BCUT2D eigenvalue weighted by atomic mass is 10.0. The molecule has 0 unspecified atom stereocenters. The van der Waals surface area contributed by atoms with E-state index in [4.69, 9.17) is 5.11 Å². The lowest BCUT2D eigenvalue weighted by Gasteiger charge is -2.03. The van der Waals surface area contributed by atoms with Crippen molar-refractivity contribution in [1.29, 1.82) is 0 Å². The van der Waals surface area contributed by atoms with E-state index in [1.165, 1.54) is 5.56 Å². The lowest BCUT2D eigenvalue weighted by molar-refractivity contribution is 0.475. The summed E-state index contributed by atoms with van der Waals surface area (Å²) in [7, 11) is 0. The van der Waals surface area contributed by atoms with Gasteiger partial charge in [-0.25, -0.2) is 0 Å². The first kappa shape index (κ1) is 13.6. The minimum absolute atomic E-state index is 0. The van der Waals surface area contributed by atoms with Crippen LogP contribution in [0.2, 0.25) is 0 Å². The molecule has 1 aromatic rings. The third-order valence-electron chi connectivity index (χ3n) is 1.56. The first-order chi connectivity index (χ1) is 4.70. The number of phenols is 1. The van der Waals surface area contributed by atoms with Crippen LogP contribution in [0.4, 0.5) is 0 Å². The van der Waals surface area contributed by atoms with Crippen molar-refractivity contribution in [3.05, 3.63) is 29.8 Å². The number of phenolic OH excluding ortho intramolecular Hbond substituents is 1. The molecule has 0 spiro atoms. The second kappa shape index (κ2) is 5.64. The zero-order valence-electron chi connectivity index (χ0n) is 6.33. The highest BCUT2D eigenvalue weighted by molar-refractivity contribution is 5.27. The van der Waals surface area contributed by atoms with Crippen molar-refractivity contribution in [2.45, 2.75) is 34.6 Å². The Balaban J connectivity index is 0. The van der Waals surface area contributed by atoms with Gasteiger partial charge in [-0.1, -0.05) is 40.8 Å². The standard InChI is InChI=1S/C9H12O.2CH4/c1-7(2)8-3-5-9(10)6-4-8;;/h3-7,10H,1-2H3;2*1H4. The maximum absolute atomic E-state index is 8.94. The zero-order valence-corrected chi connectivity index (χ0v) is 6.33. The number of hydrogen-bond acceptors (Lipinski definition) is 1. The van der Waals surface area contributed by atoms with Gasteiger partial charge in [0.2, 0.25) is 0 Å². The highest BCUT2D eigenvalue weighted by Gasteiger charge is 1.96. The summed E-state index contributed by atoms with van der Waals surface area (Å²) in [6.45, 7) is 4.26. The Labute approximate surface area is 76.1 Å². The molecule has 1 heteroatoms. The molecule has 1 aromatic carbocycles. The Morgan fingerprint density at radius 1 is 1.00 bits per heavy atom. The van der Waals surface area contributed by atoms with Crippen molar-refractivity contribution in [1.82, 2.24) is 0 Å². The summed E-state index contributed by atoms with van der Waals surface area (Å²) >= 11 is 0. The molecule has 70 valence electrons. The fourth-order valence-corrected chi connectivity index (χ4v) is 0.859. The smallest absolute Gasteiger partial charge is 0.115 e. The topological polar surface area (TPSA) is 20.2 Å². The van der Waals surface area contributed by atoms with E-state index in [2.05, 4.69) is 13.8 Å². The van der Waals surface area contributed by atoms with Crippen LogP contribution in [0.5, 0.6) is 5.75 Å². The number of aromatic hydroxyl groups is 1. The highest BCUT2D eigenvalue weighted by Crippen LogP contribution is 2.16. The van der Waals surface area contributed by atoms with Gasteiger partial charge in [0, 0.05) is 0 Å². The van der Waals surface area contributed by atoms with Crippen molar-refractivity contribution in [3.8, 4) is 5.75 Å². The van der Waals surface area contributed by atoms with Crippen molar-refractivity contribution in [3.63, 3.8) is 0 Å². The molecule has 0 aliphatic rings. The third-order valence-corrected chi connectivity index (χ3v) is 1.56. The van der Waals surface area contributed by atoms with Crippen LogP contribution < -0.4 is 0 Å². The molecule has 1 rings (SSSR count). The molecule has 1 nitrogen and oxygen atoms in total. The fourth-order valence-electron chi connectivity index (χ4n) is 0.859. The Kier molecular flexibility index (Phi) is 6.39. The predicted octanol–water partition coefficient (Wildman–Crippen LogP) is 3.79. The molecule has 0 saturated carbocycles. The van der Waals surface area contributed by atoms with Crippen LogP contribution in [0.15, 0.2) is 24.3 Å². The van der Waals surface area contributed by atoms with E-state index in [0.717, 1.165) is 0 Å². The lowest BCUT2D eigenvalue weighted by Crippen LogP contribution is -1.84. The van der Waals surface area contributed by atoms with Crippen molar-refractivity contribution >= 4 is 0 Å². The van der Waals surface area contributed by atoms with Crippen LogP contribution >= 0.6 is 0 Å². The van der Waals surface area contributed by atoms with Crippen LogP contribution in [0.25, 0.3) is 0 Å². The molecule has 1 N–H and O–H groups in total. The fraction of sp³-hybridized carbons (Fsp3) is 0.455. The summed E-state index contributed by atoms with van der Waals surface area (Å²) < 4.78 is 0. The first-order valence-electron chi connectivity index (χ1n) is 3.49. The summed E-state index contributed by atoms with van der Waals surface area (Å²) in [5, 5.41) is 8.94. The molecule has 0 aliphatic carbocycles. The van der Waals surface area contributed by atoms with Crippen LogP contribution in [0.1, 0.15) is 40.2 Å². The van der Waals surface area contributed by atoms with Gasteiger partial charge >= 0.3 is 0 Å². The molecule has 0 atom stereocenters. The molecule has 0 amide bonds. The molecule has 0 aromatic heterocycles. The van der Waals surface area contributed by atoms with Crippen LogP contribution in [-0.2, 0) is 0 Å². The van der Waals surface area contributed by atoms with E-state index in [1.807, 2.05) is 12.1 Å². The van der Waals surface area contributed by atoms with E-state index in [1.54, 1.807) is 12.1 Å². The second-order valence-corrected chi connectivity index (χ2v) is 2.75. The average Bonchev–Trinajstić information content (AvgIpc) is 1.88. The van der Waals surface area contributed by atoms with Gasteiger partial charge in [0.05, 0.1) is 0 Å². The minimum Gasteiger partial charge on any atom is -0.508 e. The van der Waals surface area contributed by atoms with Crippen molar-refractivity contribution in [2.24, 2.45) is 0 Å². The second-order valence-electron chi connectivity index (χ2n) is 2.75. The predicted molar refractivity (Wildman–Crippen MR) is 55.7 cm³/mol. The van der Waals surface area contributed by atoms with E-state index >= 15 is 0 Å². The van der Waals surface area contributed by atoms with Gasteiger partial charge in [0.25, 0.3) is 0 Å². The molecule has 0 aliphatic heterocycles. The average molecular weight is 168 g/mol. The third kappa shape index (κ3) is 3.42. The van der Waals surface area contributed by atoms with Gasteiger partial charge in [-0.15, -0.1) is 0 Å². The summed E-state index contributed by atoms with van der Waals surface area (Å²) in [6, 6.07) is 7.32. The van der Waals surface area contributed by atoms with E-state index < -0.39 is 0 Å². The van der Waals surface area contributed by atoms with Gasteiger partial charge in [-0.2, -0.15) is 0 Å². The maximum atomic E-state index is 8.94. The van der Waals surface area contributed by atoms with Gasteiger partial charge < -0.3 is 5.11 Å². The van der Waals surface area contributed by atoms with Crippen LogP contribution in [-0.4, -0.2) is 5.11 Å². The Morgan fingerprint density at radius 2 is 1.42 bits per heavy atom. The minimum atomic E-state index is 0. The summed E-state index contributed by atoms with van der Waals surface area (Å²) in [5.74, 6) is 0.880. The molecule has 12 heavy (non-hydrogen) atoms. The molecule has 0 saturated heterocycles. The Hall–Kier alpha value is -0.980. The van der Waals surface area contributed by atoms with E-state index in [9.17, 15) is 0 Å². The van der Waals surface area contributed by atoms with Crippen molar-refractivity contribution < 1.29 is 5.11 Å². The molecular formula is C11H20O. The van der Waals surface area contributed by atoms with Gasteiger partial charge in [0.15, 0.2) is 0 Å². The molecule has 0 bridgehead atoms. The quantitative estimate of drug-likeness (QED) is 0.676. The summed E-state index contributed by atoms with van der Waals surface area (Å²) in [5.41, 5.74) is 1.26. The Bertz CT molecular complexity index is 199. The maximum Gasteiger partial charge on any atom is 0.115 e. The van der Waals surface area contributed by atoms with Gasteiger partial charge in [-0.3, -0.25) is 0 Å². The SMILES string of the molecule is C.C.CC(C)c1ccc(O)cc1. The van der Waals surface area contributed by atoms with Crippen LogP contribution in [0, 0.1) is 0 Å². The van der Waals surface area contributed by atoms with Gasteiger partial charge in [0.1, 0.15) is 5.75 Å². The summed E-state index contributed by atoms with van der Waals surface area (Å²) in [4.78, 5) is 0. The highest BCUT2D eigenvalue weighted by atomic mass is 16.3. The number of benzene rings is 1. The van der Waals surface area contributed by atoms with E-state index in [0.29, 0.717) is 11.7 Å². The molecular weight excluding hydrogens is 148 g/mol.